The van der Waals surface area contributed by atoms with Gasteiger partial charge in [-0.3, -0.25) is 9.89 Å². The van der Waals surface area contributed by atoms with Gasteiger partial charge in [-0.25, -0.2) is 9.50 Å². The topological polar surface area (TPSA) is 97.2 Å². The van der Waals surface area contributed by atoms with Crippen LogP contribution < -0.4 is 10.1 Å². The predicted molar refractivity (Wildman–Crippen MR) is 101 cm³/mol. The summed E-state index contributed by atoms with van der Waals surface area (Å²) in [6.45, 7) is -1.03. The quantitative estimate of drug-likeness (QED) is 0.518. The van der Waals surface area contributed by atoms with Crippen molar-refractivity contribution in [1.29, 1.82) is 0 Å². The van der Waals surface area contributed by atoms with Gasteiger partial charge in [0, 0.05) is 18.0 Å². The highest BCUT2D eigenvalue weighted by atomic mass is 19.3. The van der Waals surface area contributed by atoms with Gasteiger partial charge in [0.2, 0.25) is 0 Å². The lowest BCUT2D eigenvalue weighted by atomic mass is 10.0. The number of benzene rings is 1. The summed E-state index contributed by atoms with van der Waals surface area (Å²) in [6, 6.07) is 6.60. The third-order valence-electron chi connectivity index (χ3n) is 4.35. The van der Waals surface area contributed by atoms with E-state index >= 15 is 0 Å². The van der Waals surface area contributed by atoms with Crippen molar-refractivity contribution < 1.29 is 18.3 Å². The summed E-state index contributed by atoms with van der Waals surface area (Å²) in [5, 5.41) is 13.5. The SMILES string of the molecule is CCc1ccc(OC(F)F)c(-c2[nH]ncc2NC(=O)c2cnn3cccnc23)c1. The molecule has 0 saturated heterocycles. The van der Waals surface area contributed by atoms with E-state index in [4.69, 9.17) is 0 Å². The Bertz CT molecular complexity index is 1170. The number of rotatable bonds is 6. The number of nitrogens with zero attached hydrogens (tertiary/aromatic N) is 4. The molecule has 0 spiro atoms. The van der Waals surface area contributed by atoms with Gasteiger partial charge in [-0.05, 0) is 30.2 Å². The molecule has 1 amide bonds. The van der Waals surface area contributed by atoms with E-state index in [-0.39, 0.29) is 11.3 Å². The number of hydrogen-bond acceptors (Lipinski definition) is 5. The van der Waals surface area contributed by atoms with E-state index in [0.29, 0.717) is 29.0 Å². The number of carbonyl (C=O) groups excluding carboxylic acids is 1. The fraction of sp³-hybridized carbons (Fsp3) is 0.158. The number of hydrogen-bond donors (Lipinski definition) is 2. The van der Waals surface area contributed by atoms with Gasteiger partial charge in [0.05, 0.1) is 23.8 Å². The molecule has 8 nitrogen and oxygen atoms in total. The number of H-pyrrole nitrogens is 1. The molecule has 0 saturated carbocycles. The van der Waals surface area contributed by atoms with Crippen molar-refractivity contribution in [3.8, 4) is 17.0 Å². The van der Waals surface area contributed by atoms with Crippen molar-refractivity contribution in [2.24, 2.45) is 0 Å². The van der Waals surface area contributed by atoms with E-state index in [1.165, 1.54) is 23.0 Å². The molecule has 1 aromatic carbocycles. The van der Waals surface area contributed by atoms with Crippen LogP contribution in [0.25, 0.3) is 16.9 Å². The van der Waals surface area contributed by atoms with E-state index in [0.717, 1.165) is 5.56 Å². The average molecular weight is 398 g/mol. The molecule has 29 heavy (non-hydrogen) atoms. The molecule has 2 N–H and O–H groups in total. The minimum atomic E-state index is -2.98. The molecule has 0 radical (unpaired) electrons. The standard InChI is InChI=1S/C19H16F2N6O2/c1-2-11-4-5-15(29-19(20)21)12(8-11)16-14(10-23-26-16)25-18(28)13-9-24-27-7-3-6-22-17(13)27/h3-10,19H,2H2,1H3,(H,23,26)(H,25,28). The molecular formula is C19H16F2N6O2. The molecule has 0 aliphatic carbocycles. The summed E-state index contributed by atoms with van der Waals surface area (Å²) in [4.78, 5) is 16.9. The molecule has 0 aliphatic rings. The van der Waals surface area contributed by atoms with Crippen LogP contribution >= 0.6 is 0 Å². The van der Waals surface area contributed by atoms with Crippen LogP contribution in [0.4, 0.5) is 14.5 Å². The van der Waals surface area contributed by atoms with Crippen LogP contribution in [0, 0.1) is 0 Å². The molecule has 4 rings (SSSR count). The highest BCUT2D eigenvalue weighted by Crippen LogP contribution is 2.35. The highest BCUT2D eigenvalue weighted by Gasteiger charge is 2.20. The minimum Gasteiger partial charge on any atom is -0.434 e. The number of anilines is 1. The molecule has 0 bridgehead atoms. The van der Waals surface area contributed by atoms with Gasteiger partial charge in [-0.1, -0.05) is 13.0 Å². The van der Waals surface area contributed by atoms with Crippen LogP contribution in [0.2, 0.25) is 0 Å². The van der Waals surface area contributed by atoms with Gasteiger partial charge >= 0.3 is 6.61 Å². The summed E-state index contributed by atoms with van der Waals surface area (Å²) < 4.78 is 31.8. The van der Waals surface area contributed by atoms with E-state index in [1.54, 1.807) is 30.6 Å². The molecule has 0 atom stereocenters. The van der Waals surface area contributed by atoms with Crippen molar-refractivity contribution >= 4 is 17.2 Å². The smallest absolute Gasteiger partial charge is 0.387 e. The first-order chi connectivity index (χ1) is 14.1. The molecule has 0 unspecified atom stereocenters. The number of ether oxygens (including phenoxy) is 1. The molecule has 3 aromatic heterocycles. The second kappa shape index (κ2) is 7.66. The maximum absolute atomic E-state index is 12.8. The van der Waals surface area contributed by atoms with Gasteiger partial charge < -0.3 is 10.1 Å². The fourth-order valence-electron chi connectivity index (χ4n) is 2.95. The Kier molecular flexibility index (Phi) is 4.90. The summed E-state index contributed by atoms with van der Waals surface area (Å²) in [5.74, 6) is -0.473. The molecular weight excluding hydrogens is 382 g/mol. The number of aryl methyl sites for hydroxylation is 1. The number of halogens is 2. The second-order valence-corrected chi connectivity index (χ2v) is 6.12. The van der Waals surface area contributed by atoms with Crippen molar-refractivity contribution in [2.45, 2.75) is 20.0 Å². The molecule has 10 heteroatoms. The number of aromatic nitrogens is 5. The number of aromatic amines is 1. The van der Waals surface area contributed by atoms with Gasteiger partial charge in [-0.15, -0.1) is 0 Å². The Labute approximate surface area is 163 Å². The summed E-state index contributed by atoms with van der Waals surface area (Å²) in [6.07, 6.45) is 6.73. The number of amides is 1. The van der Waals surface area contributed by atoms with Crippen molar-refractivity contribution in [3.05, 3.63) is 60.2 Å². The lowest BCUT2D eigenvalue weighted by Crippen LogP contribution is -2.12. The minimum absolute atomic E-state index is 0.0189. The Balaban J connectivity index is 1.70. The van der Waals surface area contributed by atoms with E-state index in [9.17, 15) is 13.6 Å². The zero-order chi connectivity index (χ0) is 20.4. The van der Waals surface area contributed by atoms with Gasteiger partial charge in [0.1, 0.15) is 11.3 Å². The fourth-order valence-corrected chi connectivity index (χ4v) is 2.95. The molecule has 4 aromatic rings. The van der Waals surface area contributed by atoms with Crippen molar-refractivity contribution in [3.63, 3.8) is 0 Å². The number of alkyl halides is 2. The molecule has 0 aliphatic heterocycles. The van der Waals surface area contributed by atoms with Crippen LogP contribution in [0.1, 0.15) is 22.8 Å². The Morgan fingerprint density at radius 1 is 1.34 bits per heavy atom. The molecule has 3 heterocycles. The first-order valence-electron chi connectivity index (χ1n) is 8.78. The first-order valence-corrected chi connectivity index (χ1v) is 8.78. The second-order valence-electron chi connectivity index (χ2n) is 6.12. The van der Waals surface area contributed by atoms with Crippen LogP contribution in [-0.4, -0.2) is 37.3 Å². The number of fused-ring (bicyclic) bond motifs is 1. The Morgan fingerprint density at radius 3 is 3.00 bits per heavy atom. The average Bonchev–Trinajstić information content (AvgIpc) is 3.34. The third kappa shape index (κ3) is 3.64. The van der Waals surface area contributed by atoms with E-state index in [2.05, 4.69) is 30.3 Å². The monoisotopic (exact) mass is 398 g/mol. The van der Waals surface area contributed by atoms with Crippen LogP contribution in [0.15, 0.2) is 49.1 Å². The summed E-state index contributed by atoms with van der Waals surface area (Å²) >= 11 is 0. The summed E-state index contributed by atoms with van der Waals surface area (Å²) in [5.41, 5.74) is 2.62. The van der Waals surface area contributed by atoms with Crippen molar-refractivity contribution in [1.82, 2.24) is 24.8 Å². The van der Waals surface area contributed by atoms with Gasteiger partial charge in [-0.2, -0.15) is 19.0 Å². The third-order valence-corrected chi connectivity index (χ3v) is 4.35. The van der Waals surface area contributed by atoms with Crippen molar-refractivity contribution in [2.75, 3.05) is 5.32 Å². The van der Waals surface area contributed by atoms with Crippen LogP contribution in [0.5, 0.6) is 5.75 Å². The predicted octanol–water partition coefficient (Wildman–Crippen LogP) is 3.54. The lowest BCUT2D eigenvalue weighted by Gasteiger charge is -2.13. The maximum atomic E-state index is 12.8. The van der Waals surface area contributed by atoms with Crippen LogP contribution in [0.3, 0.4) is 0 Å². The van der Waals surface area contributed by atoms with E-state index < -0.39 is 12.5 Å². The zero-order valence-electron chi connectivity index (χ0n) is 15.3. The highest BCUT2D eigenvalue weighted by molar-refractivity contribution is 6.09. The number of nitrogens with one attached hydrogen (secondary N) is 2. The Morgan fingerprint density at radius 2 is 2.21 bits per heavy atom. The zero-order valence-corrected chi connectivity index (χ0v) is 15.3. The Hall–Kier alpha value is -3.82. The molecule has 0 fully saturated rings. The lowest BCUT2D eigenvalue weighted by molar-refractivity contribution is -0.0494. The van der Waals surface area contributed by atoms with E-state index in [1.807, 2.05) is 6.92 Å². The largest absolute Gasteiger partial charge is 0.434 e. The first kappa shape index (κ1) is 18.5. The summed E-state index contributed by atoms with van der Waals surface area (Å²) in [7, 11) is 0. The maximum Gasteiger partial charge on any atom is 0.387 e. The molecule has 148 valence electrons. The van der Waals surface area contributed by atoms with Gasteiger partial charge in [0.15, 0.2) is 5.65 Å². The normalized spacial score (nSPS) is 11.2. The van der Waals surface area contributed by atoms with Crippen LogP contribution in [-0.2, 0) is 6.42 Å². The van der Waals surface area contributed by atoms with Gasteiger partial charge in [0.25, 0.3) is 5.91 Å². The number of carbonyl (C=O) groups is 1.